The molecule has 1 aromatic carbocycles. The summed E-state index contributed by atoms with van der Waals surface area (Å²) in [4.78, 5) is 8.29. The molecule has 0 radical (unpaired) electrons. The van der Waals surface area contributed by atoms with Gasteiger partial charge in [0.2, 0.25) is 5.28 Å². The van der Waals surface area contributed by atoms with Gasteiger partial charge in [-0.05, 0) is 43.6 Å². The van der Waals surface area contributed by atoms with Crippen LogP contribution in [-0.2, 0) is 0 Å². The summed E-state index contributed by atoms with van der Waals surface area (Å²) < 4.78 is 5.64. The summed E-state index contributed by atoms with van der Waals surface area (Å²) in [6.45, 7) is 3.98. The Morgan fingerprint density at radius 2 is 2.06 bits per heavy atom. The van der Waals surface area contributed by atoms with Crippen molar-refractivity contribution in [3.05, 3.63) is 23.5 Å². The zero-order valence-corrected chi connectivity index (χ0v) is 10.7. The maximum atomic E-state index is 5.83. The second-order valence-electron chi connectivity index (χ2n) is 3.94. The molecule has 2 aromatic rings. The van der Waals surface area contributed by atoms with Gasteiger partial charge in [-0.25, -0.2) is 9.97 Å². The molecule has 0 atom stereocenters. The van der Waals surface area contributed by atoms with Gasteiger partial charge in [0.05, 0.1) is 11.6 Å². The van der Waals surface area contributed by atoms with Crippen molar-refractivity contribution in [1.82, 2.24) is 9.97 Å². The van der Waals surface area contributed by atoms with Crippen molar-refractivity contribution in [2.75, 3.05) is 12.4 Å². The maximum Gasteiger partial charge on any atom is 0.224 e. The van der Waals surface area contributed by atoms with Crippen molar-refractivity contribution in [3.8, 4) is 5.75 Å². The molecular formula is C12H14ClN3O. The first-order valence-corrected chi connectivity index (χ1v) is 5.79. The Kier molecular flexibility index (Phi) is 3.33. The zero-order chi connectivity index (χ0) is 12.4. The van der Waals surface area contributed by atoms with Crippen molar-refractivity contribution in [2.24, 2.45) is 0 Å². The van der Waals surface area contributed by atoms with Crippen LogP contribution in [0.3, 0.4) is 0 Å². The van der Waals surface area contributed by atoms with Crippen LogP contribution in [0, 0.1) is 0 Å². The predicted octanol–water partition coefficient (Wildman–Crippen LogP) is 3.11. The summed E-state index contributed by atoms with van der Waals surface area (Å²) in [5.74, 6) is 1.50. The molecule has 1 N–H and O–H groups in total. The van der Waals surface area contributed by atoms with E-state index in [-0.39, 0.29) is 11.4 Å². The van der Waals surface area contributed by atoms with Gasteiger partial charge in [0.25, 0.3) is 0 Å². The summed E-state index contributed by atoms with van der Waals surface area (Å²) in [5.41, 5.74) is 0.797. The molecule has 2 rings (SSSR count). The fourth-order valence-electron chi connectivity index (χ4n) is 1.62. The highest BCUT2D eigenvalue weighted by atomic mass is 35.5. The van der Waals surface area contributed by atoms with Gasteiger partial charge >= 0.3 is 0 Å². The molecule has 0 aliphatic heterocycles. The second-order valence-corrected chi connectivity index (χ2v) is 4.27. The standard InChI is InChI=1S/C12H14ClN3O/c1-7(2)17-8-4-5-10-9(6-8)11(14-3)16-12(13)15-10/h4-7H,1-3H3,(H,14,15,16). The fraction of sp³-hybridized carbons (Fsp3) is 0.333. The van der Waals surface area contributed by atoms with Gasteiger partial charge in [0.1, 0.15) is 11.6 Å². The lowest BCUT2D eigenvalue weighted by molar-refractivity contribution is 0.243. The number of anilines is 1. The molecule has 90 valence electrons. The summed E-state index contributed by atoms with van der Waals surface area (Å²) >= 11 is 5.83. The number of hydrogen-bond acceptors (Lipinski definition) is 4. The van der Waals surface area contributed by atoms with Crippen LogP contribution in [0.1, 0.15) is 13.8 Å². The normalized spacial score (nSPS) is 10.9. The van der Waals surface area contributed by atoms with E-state index in [0.717, 1.165) is 16.7 Å². The average molecular weight is 252 g/mol. The number of halogens is 1. The number of nitrogens with zero attached hydrogens (tertiary/aromatic N) is 2. The van der Waals surface area contributed by atoms with Gasteiger partial charge in [-0.1, -0.05) is 0 Å². The van der Waals surface area contributed by atoms with E-state index in [1.54, 1.807) is 7.05 Å². The molecule has 0 aliphatic rings. The van der Waals surface area contributed by atoms with E-state index in [0.29, 0.717) is 5.82 Å². The highest BCUT2D eigenvalue weighted by Gasteiger charge is 2.07. The van der Waals surface area contributed by atoms with E-state index in [2.05, 4.69) is 15.3 Å². The van der Waals surface area contributed by atoms with Crippen molar-refractivity contribution in [1.29, 1.82) is 0 Å². The lowest BCUT2D eigenvalue weighted by Gasteiger charge is -2.11. The number of fused-ring (bicyclic) bond motifs is 1. The molecule has 17 heavy (non-hydrogen) atoms. The van der Waals surface area contributed by atoms with Crippen LogP contribution < -0.4 is 10.1 Å². The SMILES string of the molecule is CNc1nc(Cl)nc2ccc(OC(C)C)cc12. The Balaban J connectivity index is 2.55. The summed E-state index contributed by atoms with van der Waals surface area (Å²) in [6.07, 6.45) is 0.138. The van der Waals surface area contributed by atoms with Gasteiger partial charge < -0.3 is 10.1 Å². The molecule has 1 aromatic heterocycles. The van der Waals surface area contributed by atoms with Gasteiger partial charge in [0, 0.05) is 12.4 Å². The molecule has 0 saturated carbocycles. The number of aromatic nitrogens is 2. The third kappa shape index (κ3) is 2.58. The second kappa shape index (κ2) is 4.75. The Morgan fingerprint density at radius 3 is 2.71 bits per heavy atom. The molecule has 5 heteroatoms. The van der Waals surface area contributed by atoms with Crippen molar-refractivity contribution >= 4 is 28.3 Å². The number of hydrogen-bond donors (Lipinski definition) is 1. The predicted molar refractivity (Wildman–Crippen MR) is 69.9 cm³/mol. The number of rotatable bonds is 3. The Hall–Kier alpha value is -1.55. The number of ether oxygens (including phenoxy) is 1. The van der Waals surface area contributed by atoms with Crippen molar-refractivity contribution in [2.45, 2.75) is 20.0 Å². The molecule has 4 nitrogen and oxygen atoms in total. The lowest BCUT2D eigenvalue weighted by atomic mass is 10.2. The summed E-state index contributed by atoms with van der Waals surface area (Å²) in [7, 11) is 1.80. The molecule has 0 unspecified atom stereocenters. The highest BCUT2D eigenvalue weighted by molar-refractivity contribution is 6.28. The lowest BCUT2D eigenvalue weighted by Crippen LogP contribution is -2.05. The zero-order valence-electron chi connectivity index (χ0n) is 9.99. The van der Waals surface area contributed by atoms with E-state index in [9.17, 15) is 0 Å². The van der Waals surface area contributed by atoms with Crippen LogP contribution in [0.5, 0.6) is 5.75 Å². The molecule has 0 aliphatic carbocycles. The van der Waals surface area contributed by atoms with Crippen LogP contribution in [0.15, 0.2) is 18.2 Å². The molecule has 0 amide bonds. The first-order valence-electron chi connectivity index (χ1n) is 5.42. The van der Waals surface area contributed by atoms with Crippen molar-refractivity contribution in [3.63, 3.8) is 0 Å². The molecule has 0 spiro atoms. The van der Waals surface area contributed by atoms with E-state index in [1.807, 2.05) is 32.0 Å². The first-order chi connectivity index (χ1) is 8.10. The third-order valence-corrected chi connectivity index (χ3v) is 2.42. The minimum absolute atomic E-state index is 0.138. The van der Waals surface area contributed by atoms with E-state index in [4.69, 9.17) is 16.3 Å². The first kappa shape index (κ1) is 11.9. The van der Waals surface area contributed by atoms with E-state index < -0.39 is 0 Å². The smallest absolute Gasteiger partial charge is 0.224 e. The van der Waals surface area contributed by atoms with Gasteiger partial charge in [-0.15, -0.1) is 0 Å². The Bertz CT molecular complexity index is 543. The topological polar surface area (TPSA) is 47.0 Å². The van der Waals surface area contributed by atoms with Crippen LogP contribution >= 0.6 is 11.6 Å². The Morgan fingerprint density at radius 1 is 1.29 bits per heavy atom. The highest BCUT2D eigenvalue weighted by Crippen LogP contribution is 2.26. The monoisotopic (exact) mass is 251 g/mol. The molecular weight excluding hydrogens is 238 g/mol. The van der Waals surface area contributed by atoms with E-state index >= 15 is 0 Å². The van der Waals surface area contributed by atoms with Gasteiger partial charge in [-0.2, -0.15) is 0 Å². The fourth-order valence-corrected chi connectivity index (χ4v) is 1.79. The molecule has 0 saturated heterocycles. The largest absolute Gasteiger partial charge is 0.491 e. The van der Waals surface area contributed by atoms with E-state index in [1.165, 1.54) is 0 Å². The van der Waals surface area contributed by atoms with Crippen LogP contribution in [0.25, 0.3) is 10.9 Å². The number of nitrogens with one attached hydrogen (secondary N) is 1. The van der Waals surface area contributed by atoms with Crippen LogP contribution in [0.4, 0.5) is 5.82 Å². The molecule has 0 bridgehead atoms. The summed E-state index contributed by atoms with van der Waals surface area (Å²) in [6, 6.07) is 5.67. The van der Waals surface area contributed by atoms with Gasteiger partial charge in [0.15, 0.2) is 0 Å². The summed E-state index contributed by atoms with van der Waals surface area (Å²) in [5, 5.41) is 4.13. The molecule has 1 heterocycles. The quantitative estimate of drug-likeness (QED) is 0.852. The van der Waals surface area contributed by atoms with Crippen LogP contribution in [-0.4, -0.2) is 23.1 Å². The number of benzene rings is 1. The minimum atomic E-state index is 0.138. The van der Waals surface area contributed by atoms with Gasteiger partial charge in [-0.3, -0.25) is 0 Å². The van der Waals surface area contributed by atoms with Crippen LogP contribution in [0.2, 0.25) is 5.28 Å². The third-order valence-electron chi connectivity index (χ3n) is 2.25. The average Bonchev–Trinajstić information content (AvgIpc) is 2.27. The maximum absolute atomic E-state index is 5.83. The van der Waals surface area contributed by atoms with Crippen molar-refractivity contribution < 1.29 is 4.74 Å². The Labute approximate surface area is 105 Å². The molecule has 0 fully saturated rings. The minimum Gasteiger partial charge on any atom is -0.491 e.